The van der Waals surface area contributed by atoms with Gasteiger partial charge in [0.15, 0.2) is 0 Å². The lowest BCUT2D eigenvalue weighted by Crippen LogP contribution is -2.35. The number of alkyl halides is 3. The third kappa shape index (κ3) is 3.40. The van der Waals surface area contributed by atoms with E-state index in [0.29, 0.717) is 4.47 Å². The lowest BCUT2D eigenvalue weighted by Gasteiger charge is -2.23. The van der Waals surface area contributed by atoms with Gasteiger partial charge in [-0.3, -0.25) is 4.98 Å². The van der Waals surface area contributed by atoms with Crippen molar-refractivity contribution in [3.63, 3.8) is 0 Å². The second kappa shape index (κ2) is 5.46. The fraction of sp³-hybridized carbons (Fsp3) is 0.333. The Kier molecular flexibility index (Phi) is 4.47. The Morgan fingerprint density at radius 1 is 1.59 bits per heavy atom. The number of rotatable bonds is 5. The van der Waals surface area contributed by atoms with Gasteiger partial charge in [-0.15, -0.1) is 0 Å². The molecule has 4 nitrogen and oxygen atoms in total. The largest absolute Gasteiger partial charge is 0.480 e. The molecular formula is C9H7BrF3NO3. The first kappa shape index (κ1) is 13.9. The molecule has 1 heterocycles. The molecule has 0 aliphatic heterocycles. The highest BCUT2D eigenvalue weighted by Crippen LogP contribution is 2.33. The quantitative estimate of drug-likeness (QED) is 0.906. The van der Waals surface area contributed by atoms with Gasteiger partial charge >= 0.3 is 18.2 Å². The van der Waals surface area contributed by atoms with Crippen LogP contribution in [0.4, 0.5) is 13.2 Å². The molecule has 0 bridgehead atoms. The zero-order valence-corrected chi connectivity index (χ0v) is 9.83. The van der Waals surface area contributed by atoms with Gasteiger partial charge < -0.3 is 9.84 Å². The van der Waals surface area contributed by atoms with Crippen molar-refractivity contribution in [2.75, 3.05) is 6.61 Å². The van der Waals surface area contributed by atoms with Gasteiger partial charge in [0.1, 0.15) is 12.3 Å². The van der Waals surface area contributed by atoms with Crippen molar-refractivity contribution < 1.29 is 27.8 Å². The Morgan fingerprint density at radius 2 is 2.24 bits per heavy atom. The van der Waals surface area contributed by atoms with Crippen LogP contribution >= 0.6 is 15.9 Å². The Morgan fingerprint density at radius 3 is 2.65 bits per heavy atom. The Hall–Kier alpha value is -1.15. The molecule has 0 aliphatic carbocycles. The zero-order chi connectivity index (χ0) is 13.1. The van der Waals surface area contributed by atoms with Crippen LogP contribution in [0.1, 0.15) is 5.69 Å². The summed E-state index contributed by atoms with van der Waals surface area (Å²) in [4.78, 5) is 13.6. The number of hydrogen-bond donors (Lipinski definition) is 1. The molecule has 1 atom stereocenters. The number of hydrogen-bond acceptors (Lipinski definition) is 3. The van der Waals surface area contributed by atoms with E-state index in [1.165, 1.54) is 6.07 Å². The van der Waals surface area contributed by atoms with E-state index in [1.54, 1.807) is 0 Å². The Balaban J connectivity index is 2.98. The fourth-order valence-corrected chi connectivity index (χ4v) is 1.23. The summed E-state index contributed by atoms with van der Waals surface area (Å²) in [6, 6.07) is 2.28. The molecule has 0 radical (unpaired) electrons. The number of carboxylic acid groups (broad SMARTS) is 1. The first-order chi connectivity index (χ1) is 7.86. The van der Waals surface area contributed by atoms with Crippen molar-refractivity contribution in [3.8, 4) is 0 Å². The van der Waals surface area contributed by atoms with Crippen LogP contribution in [0.25, 0.3) is 0 Å². The predicted molar refractivity (Wildman–Crippen MR) is 54.3 cm³/mol. The lowest BCUT2D eigenvalue weighted by atomic mass is 10.2. The number of nitrogens with zero attached hydrogens (tertiary/aromatic N) is 1. The maximum atomic E-state index is 13.8. The molecule has 8 heteroatoms. The summed E-state index contributed by atoms with van der Waals surface area (Å²) in [6.07, 6.45) is -2.44. The average Bonchev–Trinajstić information content (AvgIpc) is 2.26. The van der Waals surface area contributed by atoms with Gasteiger partial charge in [0.05, 0.1) is 0 Å². The van der Waals surface area contributed by atoms with Gasteiger partial charge in [-0.2, -0.15) is 4.39 Å². The maximum absolute atomic E-state index is 13.8. The average molecular weight is 314 g/mol. The van der Waals surface area contributed by atoms with Crippen LogP contribution in [0.2, 0.25) is 0 Å². The minimum Gasteiger partial charge on any atom is -0.480 e. The number of aliphatic carboxylic acids is 1. The van der Waals surface area contributed by atoms with Crippen LogP contribution in [0.15, 0.2) is 22.8 Å². The van der Waals surface area contributed by atoms with Crippen LogP contribution in [-0.4, -0.2) is 29.1 Å². The number of carboxylic acids is 1. The summed E-state index contributed by atoms with van der Waals surface area (Å²) in [5.41, 5.74) is -0.683. The monoisotopic (exact) mass is 313 g/mol. The molecule has 1 N–H and O–H groups in total. The number of ether oxygens (including phenoxy) is 1. The molecule has 1 aromatic rings. The number of aromatic nitrogens is 1. The molecule has 0 spiro atoms. The van der Waals surface area contributed by atoms with Crippen LogP contribution in [0, 0.1) is 0 Å². The molecule has 94 valence electrons. The smallest absolute Gasteiger partial charge is 0.329 e. The predicted octanol–water partition coefficient (Wildman–Crippen LogP) is 2.33. The van der Waals surface area contributed by atoms with Crippen LogP contribution in [-0.2, 0) is 15.4 Å². The molecule has 0 saturated carbocycles. The molecule has 1 unspecified atom stereocenters. The topological polar surface area (TPSA) is 59.4 Å². The highest BCUT2D eigenvalue weighted by Gasteiger charge is 2.45. The fourth-order valence-electron chi connectivity index (χ4n) is 0.993. The number of halogens is 4. The Bertz CT molecular complexity index is 401. The molecule has 0 amide bonds. The van der Waals surface area contributed by atoms with E-state index in [0.717, 1.165) is 12.3 Å². The summed E-state index contributed by atoms with van der Waals surface area (Å²) in [5.74, 6) is -5.08. The van der Waals surface area contributed by atoms with E-state index in [4.69, 9.17) is 5.11 Å². The Labute approximate surface area is 103 Å². The van der Waals surface area contributed by atoms with E-state index in [9.17, 15) is 18.0 Å². The molecule has 0 aromatic carbocycles. The van der Waals surface area contributed by atoms with Gasteiger partial charge in [-0.1, -0.05) is 0 Å². The van der Waals surface area contributed by atoms with E-state index in [2.05, 4.69) is 25.7 Å². The summed E-state index contributed by atoms with van der Waals surface area (Å²) in [5, 5.41) is 8.29. The first-order valence-corrected chi connectivity index (χ1v) is 5.10. The second-order valence-corrected chi connectivity index (χ2v) is 3.91. The zero-order valence-electron chi connectivity index (χ0n) is 8.24. The van der Waals surface area contributed by atoms with Crippen molar-refractivity contribution >= 4 is 21.9 Å². The molecular weight excluding hydrogens is 307 g/mol. The minimum absolute atomic E-state index is 0.469. The van der Waals surface area contributed by atoms with Gasteiger partial charge in [-0.05, 0) is 28.1 Å². The van der Waals surface area contributed by atoms with Crippen LogP contribution < -0.4 is 0 Å². The molecule has 1 rings (SSSR count). The van der Waals surface area contributed by atoms with E-state index in [1.807, 2.05) is 0 Å². The third-order valence-electron chi connectivity index (χ3n) is 1.76. The molecule has 0 saturated heterocycles. The molecule has 1 aromatic heterocycles. The lowest BCUT2D eigenvalue weighted by molar-refractivity contribution is -0.234. The standard InChI is InChI=1S/C9H7BrF3NO3/c10-5-1-2-6(14-3-5)9(13,8(11)12)17-4-7(15)16/h1-3,8H,4H2,(H,15,16). The van der Waals surface area contributed by atoms with Gasteiger partial charge in [0.25, 0.3) is 0 Å². The van der Waals surface area contributed by atoms with Crippen molar-refractivity contribution in [1.29, 1.82) is 0 Å². The van der Waals surface area contributed by atoms with Crippen LogP contribution in [0.5, 0.6) is 0 Å². The first-order valence-electron chi connectivity index (χ1n) is 4.31. The number of carbonyl (C=O) groups is 1. The SMILES string of the molecule is O=C(O)COC(F)(c1ccc(Br)cn1)C(F)F. The van der Waals surface area contributed by atoms with Crippen molar-refractivity contribution in [2.45, 2.75) is 12.3 Å². The summed E-state index contributed by atoms with van der Waals surface area (Å²) in [6.45, 7) is -1.18. The van der Waals surface area contributed by atoms with E-state index in [-0.39, 0.29) is 0 Å². The van der Waals surface area contributed by atoms with Gasteiger partial charge in [0.2, 0.25) is 0 Å². The van der Waals surface area contributed by atoms with Gasteiger partial charge in [-0.25, -0.2) is 13.6 Å². The second-order valence-electron chi connectivity index (χ2n) is 2.99. The van der Waals surface area contributed by atoms with Gasteiger partial charge in [0, 0.05) is 10.7 Å². The highest BCUT2D eigenvalue weighted by atomic mass is 79.9. The minimum atomic E-state index is -3.55. The van der Waals surface area contributed by atoms with E-state index < -0.39 is 30.6 Å². The van der Waals surface area contributed by atoms with Crippen molar-refractivity contribution in [1.82, 2.24) is 4.98 Å². The molecule has 0 aliphatic rings. The van der Waals surface area contributed by atoms with Crippen molar-refractivity contribution in [2.24, 2.45) is 0 Å². The third-order valence-corrected chi connectivity index (χ3v) is 2.23. The maximum Gasteiger partial charge on any atom is 0.329 e. The van der Waals surface area contributed by atoms with E-state index >= 15 is 0 Å². The summed E-state index contributed by atoms with van der Waals surface area (Å²) >= 11 is 3.00. The van der Waals surface area contributed by atoms with Crippen LogP contribution in [0.3, 0.4) is 0 Å². The van der Waals surface area contributed by atoms with Crippen molar-refractivity contribution in [3.05, 3.63) is 28.5 Å². The highest BCUT2D eigenvalue weighted by molar-refractivity contribution is 9.10. The molecule has 0 fully saturated rings. The summed E-state index contributed by atoms with van der Waals surface area (Å²) < 4.78 is 43.5. The number of pyridine rings is 1. The summed E-state index contributed by atoms with van der Waals surface area (Å²) in [7, 11) is 0. The normalized spacial score (nSPS) is 14.6. The molecule has 17 heavy (non-hydrogen) atoms.